The fourth-order valence-electron chi connectivity index (χ4n) is 1.68. The van der Waals surface area contributed by atoms with E-state index in [9.17, 15) is 10.1 Å². The van der Waals surface area contributed by atoms with Gasteiger partial charge in [0.2, 0.25) is 0 Å². The van der Waals surface area contributed by atoms with E-state index in [1.54, 1.807) is 13.2 Å². The second-order valence-electron chi connectivity index (χ2n) is 4.01. The minimum absolute atomic E-state index is 0.114. The van der Waals surface area contributed by atoms with E-state index in [1.165, 1.54) is 18.2 Å². The highest BCUT2D eigenvalue weighted by atomic mass is 35.5. The van der Waals surface area contributed by atoms with Crippen LogP contribution in [0.15, 0.2) is 42.5 Å². The molecule has 2 aromatic rings. The molecule has 0 aliphatic rings. The largest absolute Gasteiger partial charge is 0.497 e. The summed E-state index contributed by atoms with van der Waals surface area (Å²) in [5.74, 6) is 0.844. The van der Waals surface area contributed by atoms with E-state index in [2.05, 4.69) is 0 Å². The Balaban J connectivity index is 2.17. The Morgan fingerprint density at radius 3 is 2.75 bits per heavy atom. The molecule has 0 saturated heterocycles. The van der Waals surface area contributed by atoms with E-state index in [0.29, 0.717) is 10.8 Å². The molecule has 0 bridgehead atoms. The molecule has 6 heteroatoms. The molecule has 0 spiro atoms. The van der Waals surface area contributed by atoms with Crippen molar-refractivity contribution < 1.29 is 14.4 Å². The summed E-state index contributed by atoms with van der Waals surface area (Å²) in [4.78, 5) is 10.4. The third kappa shape index (κ3) is 3.39. The van der Waals surface area contributed by atoms with Crippen LogP contribution in [-0.4, -0.2) is 12.0 Å². The summed E-state index contributed by atoms with van der Waals surface area (Å²) in [6.07, 6.45) is 0. The first-order valence-corrected chi connectivity index (χ1v) is 6.17. The molecule has 104 valence electrons. The smallest absolute Gasteiger partial charge is 0.311 e. The van der Waals surface area contributed by atoms with Crippen LogP contribution in [0, 0.1) is 10.1 Å². The van der Waals surface area contributed by atoms with Gasteiger partial charge in [-0.15, -0.1) is 0 Å². The lowest BCUT2D eigenvalue weighted by Crippen LogP contribution is -1.99. The van der Waals surface area contributed by atoms with Crippen molar-refractivity contribution in [2.24, 2.45) is 0 Å². The average Bonchev–Trinajstić information content (AvgIpc) is 2.45. The molecular formula is C14H12ClNO4. The maximum Gasteiger partial charge on any atom is 0.311 e. The Morgan fingerprint density at radius 2 is 2.05 bits per heavy atom. The molecule has 0 heterocycles. The van der Waals surface area contributed by atoms with Gasteiger partial charge < -0.3 is 9.47 Å². The van der Waals surface area contributed by atoms with Crippen molar-refractivity contribution in [3.8, 4) is 11.5 Å². The van der Waals surface area contributed by atoms with E-state index in [4.69, 9.17) is 21.1 Å². The third-order valence-corrected chi connectivity index (χ3v) is 2.88. The first-order valence-electron chi connectivity index (χ1n) is 5.80. The van der Waals surface area contributed by atoms with Crippen LogP contribution in [0.1, 0.15) is 5.56 Å². The number of ether oxygens (including phenoxy) is 2. The van der Waals surface area contributed by atoms with Gasteiger partial charge in [0.05, 0.1) is 12.0 Å². The molecule has 0 saturated carbocycles. The number of nitro groups is 1. The van der Waals surface area contributed by atoms with Crippen LogP contribution >= 0.6 is 11.6 Å². The molecule has 0 atom stereocenters. The summed E-state index contributed by atoms with van der Waals surface area (Å²) >= 11 is 5.83. The van der Waals surface area contributed by atoms with Gasteiger partial charge in [-0.1, -0.05) is 23.7 Å². The van der Waals surface area contributed by atoms with Gasteiger partial charge in [0, 0.05) is 17.2 Å². The molecule has 20 heavy (non-hydrogen) atoms. The Bertz CT molecular complexity index is 630. The van der Waals surface area contributed by atoms with Crippen molar-refractivity contribution in [3.63, 3.8) is 0 Å². The number of nitrogens with zero attached hydrogens (tertiary/aromatic N) is 1. The van der Waals surface area contributed by atoms with Crippen LogP contribution < -0.4 is 9.47 Å². The summed E-state index contributed by atoms with van der Waals surface area (Å²) in [7, 11) is 1.57. The minimum Gasteiger partial charge on any atom is -0.497 e. The zero-order valence-corrected chi connectivity index (χ0v) is 11.5. The maximum atomic E-state index is 10.9. The summed E-state index contributed by atoms with van der Waals surface area (Å²) < 4.78 is 10.6. The predicted octanol–water partition coefficient (Wildman–Crippen LogP) is 3.84. The molecule has 0 fully saturated rings. The van der Waals surface area contributed by atoms with Gasteiger partial charge in [0.1, 0.15) is 12.4 Å². The SMILES string of the molecule is COc1cccc(COc2cc(Cl)ccc2[N+](=O)[O-])c1. The molecule has 2 aromatic carbocycles. The molecule has 0 unspecified atom stereocenters. The zero-order valence-electron chi connectivity index (χ0n) is 10.7. The van der Waals surface area contributed by atoms with Crippen LogP contribution in [-0.2, 0) is 6.61 Å². The molecule has 0 aliphatic carbocycles. The van der Waals surface area contributed by atoms with Gasteiger partial charge in [-0.05, 0) is 23.8 Å². The fourth-order valence-corrected chi connectivity index (χ4v) is 1.84. The number of rotatable bonds is 5. The molecular weight excluding hydrogens is 282 g/mol. The lowest BCUT2D eigenvalue weighted by Gasteiger charge is -2.08. The molecule has 0 N–H and O–H groups in total. The number of halogens is 1. The van der Waals surface area contributed by atoms with Crippen LogP contribution in [0.25, 0.3) is 0 Å². The molecule has 2 rings (SSSR count). The van der Waals surface area contributed by atoms with Gasteiger partial charge in [0.25, 0.3) is 0 Å². The Morgan fingerprint density at radius 1 is 1.25 bits per heavy atom. The third-order valence-electron chi connectivity index (χ3n) is 2.65. The highest BCUT2D eigenvalue weighted by Gasteiger charge is 2.15. The lowest BCUT2D eigenvalue weighted by molar-refractivity contribution is -0.385. The van der Waals surface area contributed by atoms with Crippen molar-refractivity contribution in [2.75, 3.05) is 7.11 Å². The molecule has 0 amide bonds. The average molecular weight is 294 g/mol. The molecule has 5 nitrogen and oxygen atoms in total. The van der Waals surface area contributed by atoms with Gasteiger partial charge >= 0.3 is 5.69 Å². The highest BCUT2D eigenvalue weighted by molar-refractivity contribution is 6.30. The van der Waals surface area contributed by atoms with Gasteiger partial charge in [-0.25, -0.2) is 0 Å². The predicted molar refractivity (Wildman–Crippen MR) is 75.4 cm³/mol. The summed E-state index contributed by atoms with van der Waals surface area (Å²) in [6, 6.07) is 11.5. The Labute approximate surface area is 120 Å². The Hall–Kier alpha value is -2.27. The number of nitro benzene ring substituents is 1. The van der Waals surface area contributed by atoms with Crippen LogP contribution in [0.5, 0.6) is 11.5 Å². The van der Waals surface area contributed by atoms with E-state index < -0.39 is 4.92 Å². The zero-order chi connectivity index (χ0) is 14.5. The van der Waals surface area contributed by atoms with Gasteiger partial charge in [-0.3, -0.25) is 10.1 Å². The molecule has 0 aliphatic heterocycles. The van der Waals surface area contributed by atoms with Gasteiger partial charge in [0.15, 0.2) is 5.75 Å². The normalized spacial score (nSPS) is 10.1. The van der Waals surface area contributed by atoms with Crippen molar-refractivity contribution in [1.29, 1.82) is 0 Å². The summed E-state index contributed by atoms with van der Waals surface area (Å²) in [5, 5.41) is 11.3. The van der Waals surface area contributed by atoms with Crippen molar-refractivity contribution >= 4 is 17.3 Å². The fraction of sp³-hybridized carbons (Fsp3) is 0.143. The first kappa shape index (κ1) is 14.1. The summed E-state index contributed by atoms with van der Waals surface area (Å²) in [6.45, 7) is 0.193. The van der Waals surface area contributed by atoms with E-state index in [1.807, 2.05) is 18.2 Å². The lowest BCUT2D eigenvalue weighted by atomic mass is 10.2. The quantitative estimate of drug-likeness (QED) is 0.621. The Kier molecular flexibility index (Phi) is 4.42. The molecule has 0 radical (unpaired) electrons. The second-order valence-corrected chi connectivity index (χ2v) is 4.45. The second kappa shape index (κ2) is 6.25. The standard InChI is InChI=1S/C14H12ClNO4/c1-19-12-4-2-3-10(7-12)9-20-14-8-11(15)5-6-13(14)16(17)18/h2-8H,9H2,1H3. The minimum atomic E-state index is -0.503. The van der Waals surface area contributed by atoms with E-state index in [-0.39, 0.29) is 18.0 Å². The van der Waals surface area contributed by atoms with Crippen molar-refractivity contribution in [3.05, 3.63) is 63.2 Å². The van der Waals surface area contributed by atoms with E-state index in [0.717, 1.165) is 5.56 Å². The summed E-state index contributed by atoms with van der Waals surface area (Å²) in [5.41, 5.74) is 0.732. The monoisotopic (exact) mass is 293 g/mol. The number of hydrogen-bond acceptors (Lipinski definition) is 4. The number of methoxy groups -OCH3 is 1. The van der Waals surface area contributed by atoms with Crippen molar-refractivity contribution in [1.82, 2.24) is 0 Å². The van der Waals surface area contributed by atoms with Crippen LogP contribution in [0.2, 0.25) is 5.02 Å². The maximum absolute atomic E-state index is 10.9. The van der Waals surface area contributed by atoms with Crippen molar-refractivity contribution in [2.45, 2.75) is 6.61 Å². The number of benzene rings is 2. The van der Waals surface area contributed by atoms with Gasteiger partial charge in [-0.2, -0.15) is 0 Å². The number of hydrogen-bond donors (Lipinski definition) is 0. The highest BCUT2D eigenvalue weighted by Crippen LogP contribution is 2.30. The molecule has 0 aromatic heterocycles. The first-order chi connectivity index (χ1) is 9.60. The van der Waals surface area contributed by atoms with Crippen LogP contribution in [0.3, 0.4) is 0 Å². The topological polar surface area (TPSA) is 61.6 Å². The van der Waals surface area contributed by atoms with Crippen LogP contribution in [0.4, 0.5) is 5.69 Å². The van der Waals surface area contributed by atoms with E-state index >= 15 is 0 Å².